The van der Waals surface area contributed by atoms with Gasteiger partial charge in [0.25, 0.3) is 0 Å². The number of rotatable bonds is 0. The molecule has 8 rings (SSSR count). The summed E-state index contributed by atoms with van der Waals surface area (Å²) in [5, 5.41) is 13.9. The van der Waals surface area contributed by atoms with Crippen molar-refractivity contribution in [3.63, 3.8) is 0 Å². The first-order valence-corrected chi connectivity index (χ1v) is 15.2. The van der Waals surface area contributed by atoms with Gasteiger partial charge in [-0.05, 0) is 101 Å². The van der Waals surface area contributed by atoms with Gasteiger partial charge in [-0.25, -0.2) is 0 Å². The fourth-order valence-corrected chi connectivity index (χ4v) is 8.71. The molecule has 6 aromatic carbocycles. The fraction of sp³-hybridized carbons (Fsp3) is 0.222. The second kappa shape index (κ2) is 7.25. The van der Waals surface area contributed by atoms with E-state index in [1.54, 1.807) is 0 Å². The molecule has 0 nitrogen and oxygen atoms in total. The molecule has 0 aliphatic rings. The maximum atomic E-state index is 2.46. The van der Waals surface area contributed by atoms with Crippen LogP contribution in [0.15, 0.2) is 72.8 Å². The molecule has 0 spiro atoms. The van der Waals surface area contributed by atoms with Crippen LogP contribution >= 0.6 is 22.7 Å². The zero-order chi connectivity index (χ0) is 26.1. The number of hydrogen-bond donors (Lipinski definition) is 0. The van der Waals surface area contributed by atoms with Gasteiger partial charge in [0.2, 0.25) is 0 Å². The summed E-state index contributed by atoms with van der Waals surface area (Å²) in [6, 6.07) is 28.6. The predicted octanol–water partition coefficient (Wildman–Crippen LogP) is 11.9. The van der Waals surface area contributed by atoms with Gasteiger partial charge in [-0.15, -0.1) is 22.7 Å². The zero-order valence-corrected chi connectivity index (χ0v) is 24.4. The highest BCUT2D eigenvalue weighted by Gasteiger charge is 2.21. The maximum absolute atomic E-state index is 2.46. The minimum Gasteiger partial charge on any atom is -0.135 e. The van der Waals surface area contributed by atoms with E-state index in [9.17, 15) is 0 Å². The lowest BCUT2D eigenvalue weighted by Gasteiger charge is -2.22. The Bertz CT molecular complexity index is 2080. The lowest BCUT2D eigenvalue weighted by molar-refractivity contribution is 0.591. The van der Waals surface area contributed by atoms with Gasteiger partial charge in [0.1, 0.15) is 0 Å². The molecule has 2 heterocycles. The van der Waals surface area contributed by atoms with Crippen molar-refractivity contribution in [2.75, 3.05) is 0 Å². The second-order valence-corrected chi connectivity index (χ2v) is 15.2. The van der Waals surface area contributed by atoms with Crippen molar-refractivity contribution in [2.24, 2.45) is 0 Å². The predicted molar refractivity (Wildman–Crippen MR) is 173 cm³/mol. The van der Waals surface area contributed by atoms with E-state index in [-0.39, 0.29) is 10.8 Å². The number of hydrogen-bond acceptors (Lipinski definition) is 2. The van der Waals surface area contributed by atoms with Crippen LogP contribution in [-0.4, -0.2) is 0 Å². The topological polar surface area (TPSA) is 0 Å². The summed E-state index contributed by atoms with van der Waals surface area (Å²) in [5.74, 6) is 0. The van der Waals surface area contributed by atoms with E-state index in [0.29, 0.717) is 0 Å². The van der Waals surface area contributed by atoms with Crippen LogP contribution in [0, 0.1) is 0 Å². The maximum Gasteiger partial charge on any atom is 0.0361 e. The van der Waals surface area contributed by atoms with Crippen molar-refractivity contribution in [1.29, 1.82) is 0 Å². The van der Waals surface area contributed by atoms with E-state index in [1.807, 2.05) is 22.7 Å². The van der Waals surface area contributed by atoms with E-state index in [2.05, 4.69) is 114 Å². The van der Waals surface area contributed by atoms with Gasteiger partial charge in [-0.1, -0.05) is 77.9 Å². The molecule has 0 saturated carbocycles. The number of benzene rings is 6. The van der Waals surface area contributed by atoms with Crippen LogP contribution in [0.2, 0.25) is 0 Å². The molecule has 38 heavy (non-hydrogen) atoms. The summed E-state index contributed by atoms with van der Waals surface area (Å²) in [6.45, 7) is 13.8. The Kier molecular flexibility index (Phi) is 4.34. The van der Waals surface area contributed by atoms with Gasteiger partial charge in [0.15, 0.2) is 0 Å². The molecule has 0 bridgehead atoms. The lowest BCUT2D eigenvalue weighted by Crippen LogP contribution is -2.10. The van der Waals surface area contributed by atoms with E-state index >= 15 is 0 Å². The van der Waals surface area contributed by atoms with Gasteiger partial charge >= 0.3 is 0 Å². The van der Waals surface area contributed by atoms with Gasteiger partial charge < -0.3 is 0 Å². The number of fused-ring (bicyclic) bond motifs is 4. The molecular weight excluding hydrogens is 497 g/mol. The summed E-state index contributed by atoms with van der Waals surface area (Å²) < 4.78 is 5.52. The third-order valence-corrected chi connectivity index (χ3v) is 10.7. The third kappa shape index (κ3) is 3.02. The molecule has 2 aromatic heterocycles. The Morgan fingerprint density at radius 3 is 1.21 bits per heavy atom. The summed E-state index contributed by atoms with van der Waals surface area (Å²) in [7, 11) is 0. The third-order valence-electron chi connectivity index (χ3n) is 8.50. The molecule has 0 fully saturated rings. The van der Waals surface area contributed by atoms with Gasteiger partial charge in [-0.3, -0.25) is 0 Å². The van der Waals surface area contributed by atoms with Crippen LogP contribution in [0.5, 0.6) is 0 Å². The second-order valence-electron chi connectivity index (χ2n) is 13.0. The summed E-state index contributed by atoms with van der Waals surface area (Å²) in [5.41, 5.74) is 3.07. The molecule has 186 valence electrons. The average Bonchev–Trinajstić information content (AvgIpc) is 2.88. The molecule has 0 radical (unpaired) electrons. The van der Waals surface area contributed by atoms with E-state index in [4.69, 9.17) is 0 Å². The Balaban J connectivity index is 1.55. The van der Waals surface area contributed by atoms with Crippen LogP contribution in [-0.2, 0) is 10.8 Å². The van der Waals surface area contributed by atoms with Crippen molar-refractivity contribution >= 4 is 95.3 Å². The monoisotopic (exact) mass is 526 g/mol. The summed E-state index contributed by atoms with van der Waals surface area (Å²) in [6.07, 6.45) is 0. The molecule has 0 aliphatic carbocycles. The SMILES string of the molecule is CC(C)(C)c1ccc2c(c1)sc1ccc3cc4c5ccc(C(C)(C)C)cc5sc5ccc6cc2c1c3c6c54. The zero-order valence-electron chi connectivity index (χ0n) is 22.7. The van der Waals surface area contributed by atoms with Gasteiger partial charge in [0.05, 0.1) is 0 Å². The highest BCUT2D eigenvalue weighted by molar-refractivity contribution is 7.25. The van der Waals surface area contributed by atoms with Crippen molar-refractivity contribution in [3.8, 4) is 0 Å². The normalized spacial score (nSPS) is 13.5. The molecule has 0 amide bonds. The summed E-state index contributed by atoms with van der Waals surface area (Å²) in [4.78, 5) is 0. The first-order valence-electron chi connectivity index (χ1n) is 13.5. The van der Waals surface area contributed by atoms with Crippen molar-refractivity contribution < 1.29 is 0 Å². The highest BCUT2D eigenvalue weighted by Crippen LogP contribution is 2.49. The Labute approximate surface area is 230 Å². The fourth-order valence-electron chi connectivity index (χ4n) is 6.39. The molecule has 8 aromatic rings. The van der Waals surface area contributed by atoms with Crippen molar-refractivity contribution in [3.05, 3.63) is 83.9 Å². The first kappa shape index (κ1) is 22.8. The quantitative estimate of drug-likeness (QED) is 0.136. The molecule has 0 atom stereocenters. The minimum atomic E-state index is 0.140. The molecule has 0 saturated heterocycles. The van der Waals surface area contributed by atoms with Crippen LogP contribution in [0.4, 0.5) is 0 Å². The molecule has 0 N–H and O–H groups in total. The molecule has 2 heteroatoms. The lowest BCUT2D eigenvalue weighted by atomic mass is 9.85. The minimum absolute atomic E-state index is 0.140. The largest absolute Gasteiger partial charge is 0.135 e. The van der Waals surface area contributed by atoms with E-state index < -0.39 is 0 Å². The van der Waals surface area contributed by atoms with Crippen LogP contribution in [0.1, 0.15) is 52.7 Å². The van der Waals surface area contributed by atoms with Gasteiger partial charge in [0, 0.05) is 29.6 Å². The van der Waals surface area contributed by atoms with Crippen molar-refractivity contribution in [2.45, 2.75) is 52.4 Å². The standard InChI is InChI=1S/C36H30S2/c1-35(2,3)21-9-11-23-25-15-19-8-14-28-34-26(24-12-10-22(36(4,5)6)18-30(24)38-28)16-20-7-13-27(37-29(23)17-21)33(25)31(20)32(19)34/h7-18H,1-6H3. The first-order chi connectivity index (χ1) is 18.1. The Hall–Kier alpha value is -3.20. The van der Waals surface area contributed by atoms with E-state index in [0.717, 1.165) is 0 Å². The van der Waals surface area contributed by atoms with Crippen LogP contribution in [0.25, 0.3) is 72.7 Å². The summed E-state index contributed by atoms with van der Waals surface area (Å²) >= 11 is 3.89. The van der Waals surface area contributed by atoms with E-state index in [1.165, 1.54) is 83.8 Å². The Morgan fingerprint density at radius 2 is 0.816 bits per heavy atom. The van der Waals surface area contributed by atoms with Gasteiger partial charge in [-0.2, -0.15) is 0 Å². The average molecular weight is 527 g/mol. The van der Waals surface area contributed by atoms with Crippen LogP contribution < -0.4 is 0 Å². The Morgan fingerprint density at radius 1 is 0.395 bits per heavy atom. The highest BCUT2D eigenvalue weighted by atomic mass is 32.1. The van der Waals surface area contributed by atoms with Crippen LogP contribution in [0.3, 0.4) is 0 Å². The smallest absolute Gasteiger partial charge is 0.0361 e. The van der Waals surface area contributed by atoms with Crippen molar-refractivity contribution in [1.82, 2.24) is 0 Å². The molecule has 0 unspecified atom stereocenters. The molecular formula is C36H30S2. The molecule has 0 aliphatic heterocycles.